The number of carboxylic acids is 2. The number of ether oxygens (including phenoxy) is 1. The number of piperazine rings is 1. The van der Waals surface area contributed by atoms with Gasteiger partial charge < -0.3 is 19.8 Å². The van der Waals surface area contributed by atoms with Crippen LogP contribution >= 0.6 is 0 Å². The Bertz CT molecular complexity index is 970. The zero-order valence-corrected chi connectivity index (χ0v) is 20.7. The number of piperidine rings is 1. The van der Waals surface area contributed by atoms with Gasteiger partial charge in [-0.15, -0.1) is 0 Å². The van der Waals surface area contributed by atoms with Crippen LogP contribution in [0.25, 0.3) is 0 Å². The Morgan fingerprint density at radius 3 is 1.97 bits per heavy atom. The predicted molar refractivity (Wildman–Crippen MR) is 135 cm³/mol. The molecule has 0 spiro atoms. The largest absolute Gasteiger partial charge is 0.484 e. The lowest BCUT2D eigenvalue weighted by atomic mass is 10.0. The minimum absolute atomic E-state index is 0.0907. The number of carbonyl (C=O) groups is 3. The number of amides is 1. The SMILES string of the molecule is Cc1ccc(OCC(=O)N2CCN(C3CCN(Cc4ccccc4)CC3)CC2)cc1.O=C(O)C(=O)O. The van der Waals surface area contributed by atoms with Crippen molar-refractivity contribution in [2.75, 3.05) is 45.9 Å². The van der Waals surface area contributed by atoms with Crippen LogP contribution in [0, 0.1) is 6.92 Å². The molecule has 2 saturated heterocycles. The highest BCUT2D eigenvalue weighted by molar-refractivity contribution is 6.27. The van der Waals surface area contributed by atoms with Gasteiger partial charge in [-0.05, 0) is 50.6 Å². The third kappa shape index (κ3) is 8.66. The Balaban J connectivity index is 0.000000538. The van der Waals surface area contributed by atoms with Crippen molar-refractivity contribution in [2.24, 2.45) is 0 Å². The van der Waals surface area contributed by atoms with Gasteiger partial charge in [0, 0.05) is 38.8 Å². The molecule has 2 aromatic rings. The highest BCUT2D eigenvalue weighted by Gasteiger charge is 2.29. The zero-order valence-electron chi connectivity index (χ0n) is 20.7. The molecule has 2 heterocycles. The molecule has 0 aliphatic carbocycles. The van der Waals surface area contributed by atoms with E-state index in [0.717, 1.165) is 51.6 Å². The van der Waals surface area contributed by atoms with E-state index in [1.807, 2.05) is 36.1 Å². The van der Waals surface area contributed by atoms with Gasteiger partial charge in [0.2, 0.25) is 0 Å². The summed E-state index contributed by atoms with van der Waals surface area (Å²) < 4.78 is 5.67. The summed E-state index contributed by atoms with van der Waals surface area (Å²) in [5, 5.41) is 14.8. The fraction of sp³-hybridized carbons (Fsp3) is 0.444. The van der Waals surface area contributed by atoms with Crippen molar-refractivity contribution in [3.63, 3.8) is 0 Å². The molecule has 0 aromatic heterocycles. The molecule has 4 rings (SSSR count). The van der Waals surface area contributed by atoms with Gasteiger partial charge in [0.25, 0.3) is 5.91 Å². The fourth-order valence-electron chi connectivity index (χ4n) is 4.49. The molecule has 2 aliphatic heterocycles. The summed E-state index contributed by atoms with van der Waals surface area (Å²) in [6, 6.07) is 19.2. The number of hydrogen-bond acceptors (Lipinski definition) is 6. The quantitative estimate of drug-likeness (QED) is 0.585. The van der Waals surface area contributed by atoms with E-state index in [9.17, 15) is 4.79 Å². The maximum absolute atomic E-state index is 12.5. The van der Waals surface area contributed by atoms with Gasteiger partial charge in [-0.3, -0.25) is 14.6 Å². The second kappa shape index (κ2) is 13.6. The van der Waals surface area contributed by atoms with Crippen LogP contribution in [0.4, 0.5) is 0 Å². The van der Waals surface area contributed by atoms with Crippen LogP contribution in [0.1, 0.15) is 24.0 Å². The van der Waals surface area contributed by atoms with Crippen LogP contribution in [-0.4, -0.2) is 94.7 Å². The Labute approximate surface area is 211 Å². The molecule has 2 fully saturated rings. The van der Waals surface area contributed by atoms with Crippen LogP contribution < -0.4 is 4.74 Å². The summed E-state index contributed by atoms with van der Waals surface area (Å²) in [4.78, 5) is 37.8. The molecule has 9 heteroatoms. The number of benzene rings is 2. The number of likely N-dealkylation sites (tertiary alicyclic amines) is 1. The van der Waals surface area contributed by atoms with Crippen LogP contribution in [0.15, 0.2) is 54.6 Å². The third-order valence-corrected chi connectivity index (χ3v) is 6.56. The van der Waals surface area contributed by atoms with Crippen LogP contribution in [0.2, 0.25) is 0 Å². The van der Waals surface area contributed by atoms with E-state index in [1.165, 1.54) is 24.0 Å². The first kappa shape index (κ1) is 27.2. The van der Waals surface area contributed by atoms with E-state index in [-0.39, 0.29) is 12.5 Å². The normalized spacial score (nSPS) is 17.1. The van der Waals surface area contributed by atoms with Crippen LogP contribution in [-0.2, 0) is 20.9 Å². The summed E-state index contributed by atoms with van der Waals surface area (Å²) in [7, 11) is 0. The van der Waals surface area contributed by atoms with Gasteiger partial charge >= 0.3 is 11.9 Å². The Kier molecular flexibility index (Phi) is 10.3. The average Bonchev–Trinajstić information content (AvgIpc) is 2.90. The summed E-state index contributed by atoms with van der Waals surface area (Å²) in [5.74, 6) is -2.80. The molecule has 0 bridgehead atoms. The number of carboxylic acid groups (broad SMARTS) is 2. The van der Waals surface area contributed by atoms with Crippen molar-refractivity contribution in [3.05, 3.63) is 65.7 Å². The summed E-state index contributed by atoms with van der Waals surface area (Å²) in [6.07, 6.45) is 2.44. The first-order valence-electron chi connectivity index (χ1n) is 12.3. The lowest BCUT2D eigenvalue weighted by molar-refractivity contribution is -0.159. The van der Waals surface area contributed by atoms with E-state index >= 15 is 0 Å². The van der Waals surface area contributed by atoms with Crippen molar-refractivity contribution >= 4 is 17.8 Å². The van der Waals surface area contributed by atoms with E-state index < -0.39 is 11.9 Å². The molecule has 0 radical (unpaired) electrons. The molecule has 2 aliphatic rings. The molecular formula is C27H35N3O6. The van der Waals surface area contributed by atoms with Crippen molar-refractivity contribution in [1.29, 1.82) is 0 Å². The molecule has 2 aromatic carbocycles. The Morgan fingerprint density at radius 1 is 0.833 bits per heavy atom. The molecule has 36 heavy (non-hydrogen) atoms. The minimum atomic E-state index is -1.82. The topological polar surface area (TPSA) is 111 Å². The minimum Gasteiger partial charge on any atom is -0.484 e. The van der Waals surface area contributed by atoms with Crippen LogP contribution in [0.5, 0.6) is 5.75 Å². The summed E-state index contributed by atoms with van der Waals surface area (Å²) in [6.45, 7) is 9.09. The molecule has 0 unspecified atom stereocenters. The van der Waals surface area contributed by atoms with Gasteiger partial charge in [-0.25, -0.2) is 9.59 Å². The second-order valence-corrected chi connectivity index (χ2v) is 9.12. The van der Waals surface area contributed by atoms with Crippen molar-refractivity contribution in [2.45, 2.75) is 32.4 Å². The predicted octanol–water partition coefficient (Wildman–Crippen LogP) is 2.34. The first-order chi connectivity index (χ1) is 17.3. The molecule has 0 atom stereocenters. The monoisotopic (exact) mass is 497 g/mol. The van der Waals surface area contributed by atoms with E-state index in [1.54, 1.807) is 0 Å². The first-order valence-corrected chi connectivity index (χ1v) is 12.3. The van der Waals surface area contributed by atoms with E-state index in [2.05, 4.69) is 40.1 Å². The van der Waals surface area contributed by atoms with Gasteiger partial charge in [0.15, 0.2) is 6.61 Å². The number of hydrogen-bond donors (Lipinski definition) is 2. The van der Waals surface area contributed by atoms with Crippen molar-refractivity contribution in [1.82, 2.24) is 14.7 Å². The highest BCUT2D eigenvalue weighted by atomic mass is 16.5. The van der Waals surface area contributed by atoms with Crippen molar-refractivity contribution in [3.8, 4) is 5.75 Å². The Morgan fingerprint density at radius 2 is 1.42 bits per heavy atom. The summed E-state index contributed by atoms with van der Waals surface area (Å²) in [5.41, 5.74) is 2.59. The standard InChI is InChI=1S/C25H33N3O2.C2H2O4/c1-21-7-9-24(10-8-21)30-20-25(29)28-17-15-27(16-18-28)23-11-13-26(14-12-23)19-22-5-3-2-4-6-22;3-1(4)2(5)6/h2-10,23H,11-20H2,1H3;(H,3,4)(H,5,6). The van der Waals surface area contributed by atoms with Crippen LogP contribution in [0.3, 0.4) is 0 Å². The zero-order chi connectivity index (χ0) is 25.9. The smallest absolute Gasteiger partial charge is 0.414 e. The molecule has 9 nitrogen and oxygen atoms in total. The van der Waals surface area contributed by atoms with Gasteiger partial charge in [0.05, 0.1) is 0 Å². The van der Waals surface area contributed by atoms with E-state index in [4.69, 9.17) is 24.5 Å². The van der Waals surface area contributed by atoms with Gasteiger partial charge in [0.1, 0.15) is 5.75 Å². The molecule has 1 amide bonds. The van der Waals surface area contributed by atoms with E-state index in [0.29, 0.717) is 6.04 Å². The Hall–Kier alpha value is -3.43. The molecule has 0 saturated carbocycles. The lowest BCUT2D eigenvalue weighted by Gasteiger charge is -2.42. The average molecular weight is 498 g/mol. The maximum atomic E-state index is 12.5. The third-order valence-electron chi connectivity index (χ3n) is 6.56. The number of aliphatic carboxylic acids is 2. The van der Waals surface area contributed by atoms with Gasteiger partial charge in [-0.2, -0.15) is 0 Å². The lowest BCUT2D eigenvalue weighted by Crippen LogP contribution is -2.54. The number of nitrogens with zero attached hydrogens (tertiary/aromatic N) is 3. The second-order valence-electron chi connectivity index (χ2n) is 9.12. The summed E-state index contributed by atoms with van der Waals surface area (Å²) >= 11 is 0. The molecule has 2 N–H and O–H groups in total. The maximum Gasteiger partial charge on any atom is 0.414 e. The number of carbonyl (C=O) groups excluding carboxylic acids is 1. The van der Waals surface area contributed by atoms with Gasteiger partial charge in [-0.1, -0.05) is 48.0 Å². The number of aryl methyl sites for hydroxylation is 1. The number of rotatable bonds is 6. The molecule has 194 valence electrons. The highest BCUT2D eigenvalue weighted by Crippen LogP contribution is 2.20. The van der Waals surface area contributed by atoms with Crippen molar-refractivity contribution < 1.29 is 29.3 Å². The molecular weight excluding hydrogens is 462 g/mol. The fourth-order valence-corrected chi connectivity index (χ4v) is 4.49.